The summed E-state index contributed by atoms with van der Waals surface area (Å²) in [6.07, 6.45) is 2.38. The van der Waals surface area contributed by atoms with Gasteiger partial charge < -0.3 is 15.0 Å². The number of likely N-dealkylation sites (tertiary alicyclic amines) is 1. The summed E-state index contributed by atoms with van der Waals surface area (Å²) in [7, 11) is -2.24. The highest BCUT2D eigenvalue weighted by molar-refractivity contribution is 7.89. The monoisotopic (exact) mass is 425 g/mol. The van der Waals surface area contributed by atoms with Gasteiger partial charge >= 0.3 is 0 Å². The molecular formula is C20H31N3O5S. The van der Waals surface area contributed by atoms with Gasteiger partial charge in [-0.1, -0.05) is 13.0 Å². The fourth-order valence-electron chi connectivity index (χ4n) is 3.33. The molecule has 0 bridgehead atoms. The van der Waals surface area contributed by atoms with Gasteiger partial charge in [0.05, 0.1) is 11.5 Å². The van der Waals surface area contributed by atoms with Gasteiger partial charge in [0.15, 0.2) is 0 Å². The standard InChI is InChI=1S/C20H31N3O5S/c1-15-5-4-11-23(14-15)19(24)8-9-21-20(25)18-13-17(7-6-16(18)2)29(26,27)22-10-12-28-3/h6-7,13,15,22H,4-5,8-12,14H2,1-3H3,(H,21,25). The van der Waals surface area contributed by atoms with E-state index < -0.39 is 15.9 Å². The van der Waals surface area contributed by atoms with E-state index in [1.54, 1.807) is 13.0 Å². The van der Waals surface area contributed by atoms with E-state index in [4.69, 9.17) is 4.74 Å². The van der Waals surface area contributed by atoms with Crippen molar-refractivity contribution in [1.82, 2.24) is 14.9 Å². The molecule has 0 aromatic heterocycles. The first-order valence-corrected chi connectivity index (χ1v) is 11.4. The van der Waals surface area contributed by atoms with Crippen molar-refractivity contribution in [3.05, 3.63) is 29.3 Å². The van der Waals surface area contributed by atoms with Crippen LogP contribution in [-0.2, 0) is 19.6 Å². The zero-order valence-electron chi connectivity index (χ0n) is 17.4. The number of rotatable bonds is 9. The molecule has 2 N–H and O–H groups in total. The molecule has 1 unspecified atom stereocenters. The highest BCUT2D eigenvalue weighted by Gasteiger charge is 2.21. The fourth-order valence-corrected chi connectivity index (χ4v) is 4.37. The Bertz CT molecular complexity index is 825. The molecule has 0 aliphatic carbocycles. The van der Waals surface area contributed by atoms with Crippen LogP contribution >= 0.6 is 0 Å². The molecule has 8 nitrogen and oxygen atoms in total. The third-order valence-corrected chi connectivity index (χ3v) is 6.46. The molecule has 1 aliphatic rings. The molecule has 29 heavy (non-hydrogen) atoms. The average Bonchev–Trinajstić information content (AvgIpc) is 2.68. The van der Waals surface area contributed by atoms with Crippen LogP contribution in [0.3, 0.4) is 0 Å². The molecule has 162 valence electrons. The molecule has 1 aromatic rings. The number of piperidine rings is 1. The first kappa shape index (κ1) is 23.3. The lowest BCUT2D eigenvalue weighted by Crippen LogP contribution is -2.40. The van der Waals surface area contributed by atoms with E-state index in [9.17, 15) is 18.0 Å². The zero-order valence-corrected chi connectivity index (χ0v) is 18.2. The number of nitrogens with zero attached hydrogens (tertiary/aromatic N) is 1. The minimum atomic E-state index is -3.73. The number of sulfonamides is 1. The summed E-state index contributed by atoms with van der Waals surface area (Å²) in [5, 5.41) is 2.73. The van der Waals surface area contributed by atoms with Crippen molar-refractivity contribution in [3.8, 4) is 0 Å². The first-order valence-electron chi connectivity index (χ1n) is 9.90. The molecule has 0 saturated carbocycles. The predicted molar refractivity (Wildman–Crippen MR) is 110 cm³/mol. The number of ether oxygens (including phenoxy) is 1. The maximum absolute atomic E-state index is 12.5. The minimum absolute atomic E-state index is 0.0164. The van der Waals surface area contributed by atoms with E-state index in [2.05, 4.69) is 17.0 Å². The van der Waals surface area contributed by atoms with Gasteiger partial charge in [0.1, 0.15) is 0 Å². The van der Waals surface area contributed by atoms with E-state index in [0.29, 0.717) is 11.5 Å². The Morgan fingerprint density at radius 2 is 2.03 bits per heavy atom. The van der Waals surface area contributed by atoms with Crippen molar-refractivity contribution in [3.63, 3.8) is 0 Å². The van der Waals surface area contributed by atoms with Gasteiger partial charge in [-0.05, 0) is 43.4 Å². The molecule has 9 heteroatoms. The maximum atomic E-state index is 12.5. The zero-order chi connectivity index (χ0) is 21.4. The van der Waals surface area contributed by atoms with Crippen molar-refractivity contribution in [1.29, 1.82) is 0 Å². The van der Waals surface area contributed by atoms with E-state index in [1.165, 1.54) is 19.2 Å². The van der Waals surface area contributed by atoms with Crippen molar-refractivity contribution in [2.75, 3.05) is 39.9 Å². The third kappa shape index (κ3) is 6.80. The van der Waals surface area contributed by atoms with E-state index >= 15 is 0 Å². The SMILES string of the molecule is COCCNS(=O)(=O)c1ccc(C)c(C(=O)NCCC(=O)N2CCCC(C)C2)c1. The van der Waals surface area contributed by atoms with Crippen LogP contribution in [0.25, 0.3) is 0 Å². The van der Waals surface area contributed by atoms with Crippen LogP contribution in [-0.4, -0.2) is 65.0 Å². The molecule has 1 aromatic carbocycles. The van der Waals surface area contributed by atoms with E-state index in [-0.39, 0.29) is 42.5 Å². The highest BCUT2D eigenvalue weighted by Crippen LogP contribution is 2.17. The lowest BCUT2D eigenvalue weighted by molar-refractivity contribution is -0.132. The van der Waals surface area contributed by atoms with Gasteiger partial charge in [-0.15, -0.1) is 0 Å². The normalized spacial score (nSPS) is 17.2. The summed E-state index contributed by atoms with van der Waals surface area (Å²) < 4.78 is 32.0. The van der Waals surface area contributed by atoms with Gasteiger partial charge in [0.2, 0.25) is 15.9 Å². The number of hydrogen-bond acceptors (Lipinski definition) is 5. The number of carbonyl (C=O) groups is 2. The van der Waals surface area contributed by atoms with Crippen molar-refractivity contribution < 1.29 is 22.7 Å². The Morgan fingerprint density at radius 3 is 2.72 bits per heavy atom. The van der Waals surface area contributed by atoms with Crippen LogP contribution < -0.4 is 10.0 Å². The fraction of sp³-hybridized carbons (Fsp3) is 0.600. The molecule has 0 radical (unpaired) electrons. The van der Waals surface area contributed by atoms with Gasteiger partial charge in [-0.3, -0.25) is 9.59 Å². The molecule has 2 amide bonds. The number of nitrogens with one attached hydrogen (secondary N) is 2. The van der Waals surface area contributed by atoms with Crippen LogP contribution in [0, 0.1) is 12.8 Å². The molecule has 1 fully saturated rings. The van der Waals surface area contributed by atoms with Gasteiger partial charge in [-0.25, -0.2) is 13.1 Å². The lowest BCUT2D eigenvalue weighted by atomic mass is 10.00. The lowest BCUT2D eigenvalue weighted by Gasteiger charge is -2.31. The summed E-state index contributed by atoms with van der Waals surface area (Å²) in [6, 6.07) is 4.41. The van der Waals surface area contributed by atoms with Gasteiger partial charge in [0, 0.05) is 45.3 Å². The molecule has 1 atom stereocenters. The molecule has 2 rings (SSSR count). The second kappa shape index (κ2) is 10.7. The van der Waals surface area contributed by atoms with Crippen LogP contribution in [0.2, 0.25) is 0 Å². The number of benzene rings is 1. The highest BCUT2D eigenvalue weighted by atomic mass is 32.2. The van der Waals surface area contributed by atoms with E-state index in [1.807, 2.05) is 4.90 Å². The van der Waals surface area contributed by atoms with Crippen LogP contribution in [0.15, 0.2) is 23.1 Å². The second-order valence-electron chi connectivity index (χ2n) is 7.46. The molecular weight excluding hydrogens is 394 g/mol. The topological polar surface area (TPSA) is 105 Å². The van der Waals surface area contributed by atoms with Crippen molar-refractivity contribution in [2.45, 2.75) is 38.0 Å². The van der Waals surface area contributed by atoms with Crippen LogP contribution in [0.4, 0.5) is 0 Å². The number of carbonyl (C=O) groups excluding carboxylic acids is 2. The Balaban J connectivity index is 1.95. The quantitative estimate of drug-likeness (QED) is 0.580. The molecule has 1 aliphatic heterocycles. The second-order valence-corrected chi connectivity index (χ2v) is 9.23. The number of hydrogen-bond donors (Lipinski definition) is 2. The van der Waals surface area contributed by atoms with E-state index in [0.717, 1.165) is 25.9 Å². The van der Waals surface area contributed by atoms with Crippen molar-refractivity contribution in [2.24, 2.45) is 5.92 Å². The summed E-state index contributed by atoms with van der Waals surface area (Å²) in [5.74, 6) is 0.149. The number of methoxy groups -OCH3 is 1. The third-order valence-electron chi connectivity index (χ3n) is 5.00. The van der Waals surface area contributed by atoms with Gasteiger partial charge in [0.25, 0.3) is 5.91 Å². The summed E-state index contributed by atoms with van der Waals surface area (Å²) >= 11 is 0. The summed E-state index contributed by atoms with van der Waals surface area (Å²) in [4.78, 5) is 26.7. The smallest absolute Gasteiger partial charge is 0.251 e. The first-order chi connectivity index (χ1) is 13.7. The number of amides is 2. The number of aryl methyl sites for hydroxylation is 1. The Kier molecular flexibility index (Phi) is 8.60. The Labute approximate surface area is 173 Å². The molecule has 1 heterocycles. The minimum Gasteiger partial charge on any atom is -0.383 e. The van der Waals surface area contributed by atoms with Crippen molar-refractivity contribution >= 4 is 21.8 Å². The van der Waals surface area contributed by atoms with Crippen LogP contribution in [0.1, 0.15) is 42.1 Å². The molecule has 0 spiro atoms. The van der Waals surface area contributed by atoms with Gasteiger partial charge in [-0.2, -0.15) is 0 Å². The average molecular weight is 426 g/mol. The molecule has 1 saturated heterocycles. The maximum Gasteiger partial charge on any atom is 0.251 e. The summed E-state index contributed by atoms with van der Waals surface area (Å²) in [6.45, 7) is 6.02. The Morgan fingerprint density at radius 1 is 1.28 bits per heavy atom. The Hall–Kier alpha value is -1.97. The largest absolute Gasteiger partial charge is 0.383 e. The predicted octanol–water partition coefficient (Wildman–Crippen LogP) is 1.30. The summed E-state index contributed by atoms with van der Waals surface area (Å²) in [5.41, 5.74) is 0.938. The van der Waals surface area contributed by atoms with Crippen LogP contribution in [0.5, 0.6) is 0 Å².